The quantitative estimate of drug-likeness (QED) is 0.468. The maximum absolute atomic E-state index is 6.37. The monoisotopic (exact) mass is 356 g/mol. The fourth-order valence-electron chi connectivity index (χ4n) is 3.28. The molecule has 1 aromatic carbocycles. The van der Waals surface area contributed by atoms with Crippen LogP contribution in [0.4, 0.5) is 11.5 Å². The van der Waals surface area contributed by atoms with Gasteiger partial charge in [-0.05, 0) is 55.8 Å². The van der Waals surface area contributed by atoms with Gasteiger partial charge in [-0.3, -0.25) is 4.90 Å². The molecule has 0 spiro atoms. The van der Waals surface area contributed by atoms with E-state index in [-0.39, 0.29) is 0 Å². The number of anilines is 1. The standard InChI is InChI=1S/C19H28N6O/c1-22-19-17(18(21)24-15-3-5-16(26-2)6-4-15)13(11-23-19)12-25-9-7-14(20)8-10-25/h3-6,11,14,22-23H,7-10,12,20H2,1-2H3,(H2,21,24). The lowest BCUT2D eigenvalue weighted by Gasteiger charge is -2.30. The molecule has 0 unspecified atom stereocenters. The summed E-state index contributed by atoms with van der Waals surface area (Å²) in [6.07, 6.45) is 4.08. The number of amidine groups is 1. The molecule has 0 saturated carbocycles. The normalized spacial score (nSPS) is 16.7. The van der Waals surface area contributed by atoms with Crippen LogP contribution in [0.3, 0.4) is 0 Å². The van der Waals surface area contributed by atoms with Gasteiger partial charge in [0.05, 0.1) is 18.4 Å². The summed E-state index contributed by atoms with van der Waals surface area (Å²) < 4.78 is 5.18. The van der Waals surface area contributed by atoms with E-state index in [2.05, 4.69) is 20.2 Å². The number of likely N-dealkylation sites (tertiary alicyclic amines) is 1. The van der Waals surface area contributed by atoms with Crippen molar-refractivity contribution in [3.8, 4) is 5.75 Å². The van der Waals surface area contributed by atoms with Crippen molar-refractivity contribution in [2.24, 2.45) is 16.5 Å². The van der Waals surface area contributed by atoms with E-state index < -0.39 is 0 Å². The third kappa shape index (κ3) is 4.17. The molecule has 1 fully saturated rings. The van der Waals surface area contributed by atoms with Gasteiger partial charge in [0.25, 0.3) is 0 Å². The number of ether oxygens (including phenoxy) is 1. The van der Waals surface area contributed by atoms with Crippen LogP contribution in [0.5, 0.6) is 5.75 Å². The SMILES string of the molecule is CNc1[nH]cc(CN2CCC(N)CC2)c1C(N)=Nc1ccc(OC)cc1. The zero-order chi connectivity index (χ0) is 18.5. The highest BCUT2D eigenvalue weighted by Crippen LogP contribution is 2.24. The highest BCUT2D eigenvalue weighted by Gasteiger charge is 2.20. The molecule has 1 aliphatic rings. The van der Waals surface area contributed by atoms with Gasteiger partial charge in [0, 0.05) is 25.8 Å². The summed E-state index contributed by atoms with van der Waals surface area (Å²) in [5.41, 5.74) is 15.2. The molecule has 0 aliphatic carbocycles. The van der Waals surface area contributed by atoms with Crippen molar-refractivity contribution < 1.29 is 4.74 Å². The van der Waals surface area contributed by atoms with Crippen molar-refractivity contribution in [2.45, 2.75) is 25.4 Å². The van der Waals surface area contributed by atoms with E-state index in [1.165, 1.54) is 0 Å². The van der Waals surface area contributed by atoms with Crippen molar-refractivity contribution in [3.63, 3.8) is 0 Å². The van der Waals surface area contributed by atoms with E-state index in [4.69, 9.17) is 16.2 Å². The van der Waals surface area contributed by atoms with Crippen molar-refractivity contribution in [2.75, 3.05) is 32.6 Å². The Morgan fingerprint density at radius 2 is 2.00 bits per heavy atom. The van der Waals surface area contributed by atoms with Gasteiger partial charge in [-0.25, -0.2) is 4.99 Å². The van der Waals surface area contributed by atoms with Gasteiger partial charge in [-0.2, -0.15) is 0 Å². The molecule has 0 atom stereocenters. The molecule has 1 aromatic heterocycles. The number of rotatable bonds is 6. The van der Waals surface area contributed by atoms with E-state index in [1.54, 1.807) is 7.11 Å². The first kappa shape index (κ1) is 18.3. The molecule has 6 N–H and O–H groups in total. The third-order valence-electron chi connectivity index (χ3n) is 4.82. The van der Waals surface area contributed by atoms with Gasteiger partial charge in [-0.15, -0.1) is 0 Å². The van der Waals surface area contributed by atoms with Crippen LogP contribution in [0.15, 0.2) is 35.5 Å². The molecule has 140 valence electrons. The average Bonchev–Trinajstić information content (AvgIpc) is 3.07. The van der Waals surface area contributed by atoms with Crippen molar-refractivity contribution in [1.29, 1.82) is 0 Å². The Labute approximate surface area is 154 Å². The van der Waals surface area contributed by atoms with E-state index in [1.807, 2.05) is 37.5 Å². The number of aromatic amines is 1. The second-order valence-electron chi connectivity index (χ2n) is 6.62. The maximum atomic E-state index is 6.37. The number of nitrogens with two attached hydrogens (primary N) is 2. The average molecular weight is 356 g/mol. The number of hydrogen-bond donors (Lipinski definition) is 4. The number of benzene rings is 1. The van der Waals surface area contributed by atoms with Gasteiger partial charge >= 0.3 is 0 Å². The maximum Gasteiger partial charge on any atom is 0.135 e. The Morgan fingerprint density at radius 3 is 2.62 bits per heavy atom. The fraction of sp³-hybridized carbons (Fsp3) is 0.421. The summed E-state index contributed by atoms with van der Waals surface area (Å²) in [4.78, 5) is 10.3. The lowest BCUT2D eigenvalue weighted by atomic mass is 10.0. The minimum atomic E-state index is 0.325. The van der Waals surface area contributed by atoms with Crippen LogP contribution < -0.4 is 21.5 Å². The van der Waals surface area contributed by atoms with E-state index in [0.29, 0.717) is 11.9 Å². The molecule has 0 amide bonds. The Hall–Kier alpha value is -2.51. The Bertz CT molecular complexity index is 744. The predicted molar refractivity (Wildman–Crippen MR) is 106 cm³/mol. The summed E-state index contributed by atoms with van der Waals surface area (Å²) in [6, 6.07) is 7.86. The summed E-state index contributed by atoms with van der Waals surface area (Å²) >= 11 is 0. The fourth-order valence-corrected chi connectivity index (χ4v) is 3.28. The second kappa shape index (κ2) is 8.25. The van der Waals surface area contributed by atoms with Gasteiger partial charge < -0.3 is 26.5 Å². The summed E-state index contributed by atoms with van der Waals surface area (Å²) in [7, 11) is 3.52. The third-order valence-corrected chi connectivity index (χ3v) is 4.82. The molecule has 3 rings (SSSR count). The van der Waals surface area contributed by atoms with Crippen molar-refractivity contribution in [3.05, 3.63) is 41.6 Å². The first-order valence-electron chi connectivity index (χ1n) is 8.95. The van der Waals surface area contributed by atoms with Crippen molar-refractivity contribution >= 4 is 17.3 Å². The first-order chi connectivity index (χ1) is 12.6. The van der Waals surface area contributed by atoms with Crippen LogP contribution >= 0.6 is 0 Å². The molecule has 0 radical (unpaired) electrons. The lowest BCUT2D eigenvalue weighted by molar-refractivity contribution is 0.205. The van der Waals surface area contributed by atoms with Gasteiger partial charge in [0.2, 0.25) is 0 Å². The topological polar surface area (TPSA) is 105 Å². The molecule has 1 aliphatic heterocycles. The van der Waals surface area contributed by atoms with Crippen LogP contribution in [0.25, 0.3) is 0 Å². The minimum Gasteiger partial charge on any atom is -0.497 e. The summed E-state index contributed by atoms with van der Waals surface area (Å²) in [5.74, 6) is 2.16. The highest BCUT2D eigenvalue weighted by atomic mass is 16.5. The molecule has 2 aromatic rings. The smallest absolute Gasteiger partial charge is 0.135 e. The van der Waals surface area contributed by atoms with Crippen molar-refractivity contribution in [1.82, 2.24) is 9.88 Å². The molecule has 1 saturated heterocycles. The van der Waals surface area contributed by atoms with Crippen LogP contribution in [-0.2, 0) is 6.54 Å². The van der Waals surface area contributed by atoms with Crippen LogP contribution in [0.2, 0.25) is 0 Å². The Balaban J connectivity index is 1.82. The lowest BCUT2D eigenvalue weighted by Crippen LogP contribution is -2.39. The second-order valence-corrected chi connectivity index (χ2v) is 6.62. The number of piperidine rings is 1. The van der Waals surface area contributed by atoms with Gasteiger partial charge in [-0.1, -0.05) is 0 Å². The Kier molecular flexibility index (Phi) is 5.80. The molecule has 2 heterocycles. The molecule has 0 bridgehead atoms. The summed E-state index contributed by atoms with van der Waals surface area (Å²) in [6.45, 7) is 2.85. The van der Waals surface area contributed by atoms with Crippen LogP contribution in [0, 0.1) is 0 Å². The zero-order valence-electron chi connectivity index (χ0n) is 15.5. The van der Waals surface area contributed by atoms with E-state index in [9.17, 15) is 0 Å². The predicted octanol–water partition coefficient (Wildman–Crippen LogP) is 2.03. The van der Waals surface area contributed by atoms with Crippen LogP contribution in [-0.4, -0.2) is 49.0 Å². The Morgan fingerprint density at radius 1 is 1.31 bits per heavy atom. The number of aliphatic imine (C=N–C) groups is 1. The van der Waals surface area contributed by atoms with E-state index >= 15 is 0 Å². The zero-order valence-corrected chi connectivity index (χ0v) is 15.5. The molecule has 7 heteroatoms. The highest BCUT2D eigenvalue weighted by molar-refractivity contribution is 6.04. The minimum absolute atomic E-state index is 0.325. The first-order valence-corrected chi connectivity index (χ1v) is 8.95. The number of aromatic nitrogens is 1. The van der Waals surface area contributed by atoms with Crippen LogP contribution in [0.1, 0.15) is 24.0 Å². The number of nitrogens with one attached hydrogen (secondary N) is 2. The molecular formula is C19H28N6O. The van der Waals surface area contributed by atoms with Gasteiger partial charge in [0.15, 0.2) is 0 Å². The summed E-state index contributed by atoms with van der Waals surface area (Å²) in [5, 5.41) is 3.17. The number of hydrogen-bond acceptors (Lipinski definition) is 5. The number of methoxy groups -OCH3 is 1. The van der Waals surface area contributed by atoms with E-state index in [0.717, 1.165) is 60.9 Å². The number of H-pyrrole nitrogens is 1. The number of nitrogens with zero attached hydrogens (tertiary/aromatic N) is 2. The molecule has 7 nitrogen and oxygen atoms in total. The van der Waals surface area contributed by atoms with Gasteiger partial charge in [0.1, 0.15) is 17.4 Å². The largest absolute Gasteiger partial charge is 0.497 e. The molecular weight excluding hydrogens is 328 g/mol. The molecule has 26 heavy (non-hydrogen) atoms.